The summed E-state index contributed by atoms with van der Waals surface area (Å²) >= 11 is 11.6. The van der Waals surface area contributed by atoms with Gasteiger partial charge in [-0.2, -0.15) is 0 Å². The maximum absolute atomic E-state index is 5.80. The molecule has 0 fully saturated rings. The first-order valence-corrected chi connectivity index (χ1v) is 6.18. The van der Waals surface area contributed by atoms with E-state index in [1.807, 2.05) is 60.7 Å². The van der Waals surface area contributed by atoms with Crippen molar-refractivity contribution >= 4 is 35.4 Å². The minimum atomic E-state index is 0. The maximum Gasteiger partial charge on any atom is 0.0406 e. The first-order chi connectivity index (χ1) is 8.74. The van der Waals surface area contributed by atoms with Crippen LogP contribution in [0.15, 0.2) is 60.0 Å². The van der Waals surface area contributed by atoms with Gasteiger partial charge in [-0.15, -0.1) is 0 Å². The Bertz CT molecular complexity index is 561. The van der Waals surface area contributed by atoms with Crippen LogP contribution < -0.4 is 12.3 Å². The Morgan fingerprint density at radius 1 is 0.600 bits per heavy atom. The predicted molar refractivity (Wildman–Crippen MR) is 88.9 cm³/mol. The van der Waals surface area contributed by atoms with Crippen molar-refractivity contribution < 1.29 is 0 Å². The van der Waals surface area contributed by atoms with Crippen LogP contribution in [-0.2, 0) is 0 Å². The van der Waals surface area contributed by atoms with Crippen molar-refractivity contribution in [2.24, 2.45) is 0 Å². The largest absolute Gasteiger partial charge is 0.344 e. The van der Waals surface area contributed by atoms with Gasteiger partial charge in [-0.1, -0.05) is 58.9 Å². The third-order valence-electron chi connectivity index (χ3n) is 2.30. The van der Waals surface area contributed by atoms with Gasteiger partial charge in [0, 0.05) is 10.0 Å². The summed E-state index contributed by atoms with van der Waals surface area (Å²) < 4.78 is 0. The Hall–Kier alpha value is -1.76. The van der Waals surface area contributed by atoms with Crippen LogP contribution in [0.4, 0.5) is 0 Å². The monoisotopic (exact) mass is 306 g/mol. The lowest BCUT2D eigenvalue weighted by Gasteiger charge is -1.90. The zero-order chi connectivity index (χ0) is 12.8. The van der Waals surface area contributed by atoms with E-state index in [9.17, 15) is 0 Å². The average Bonchev–Trinajstić information content (AvgIpc) is 2.39. The molecule has 0 spiro atoms. The molecule has 2 aromatic carbocycles. The molecule has 0 saturated heterocycles. The summed E-state index contributed by atoms with van der Waals surface area (Å²) in [6, 6.07) is 15.1. The molecule has 0 aliphatic heterocycles. The van der Waals surface area contributed by atoms with Crippen LogP contribution in [0.5, 0.6) is 0 Å². The number of halogens is 2. The van der Waals surface area contributed by atoms with Crippen molar-refractivity contribution in [2.45, 2.75) is 0 Å². The van der Waals surface area contributed by atoms with E-state index in [0.29, 0.717) is 0 Å². The lowest BCUT2D eigenvalue weighted by atomic mass is 10.2. The number of benzene rings is 2. The molecule has 0 atom stereocenters. The first-order valence-electron chi connectivity index (χ1n) is 5.43. The van der Waals surface area contributed by atoms with E-state index in [1.54, 1.807) is 0 Å². The fourth-order valence-corrected chi connectivity index (χ4v) is 1.62. The molecule has 104 valence electrons. The molecule has 2 aromatic rings. The van der Waals surface area contributed by atoms with Gasteiger partial charge >= 0.3 is 0 Å². The van der Waals surface area contributed by atoms with Crippen LogP contribution in [0, 0.1) is 0 Å². The van der Waals surface area contributed by atoms with Crippen molar-refractivity contribution in [1.82, 2.24) is 12.3 Å². The van der Waals surface area contributed by atoms with Gasteiger partial charge in [-0.05, 0) is 47.5 Å². The SMILES string of the molecule is Clc1ccc(C=C=C=Cc2ccc(Cl)cc2)cc1.N.N. The molecule has 0 saturated carbocycles. The third-order valence-corrected chi connectivity index (χ3v) is 2.80. The van der Waals surface area contributed by atoms with Crippen LogP contribution in [0.3, 0.4) is 0 Å². The zero-order valence-corrected chi connectivity index (χ0v) is 12.5. The van der Waals surface area contributed by atoms with Gasteiger partial charge in [0.1, 0.15) is 0 Å². The average molecular weight is 307 g/mol. The second-order valence-electron chi connectivity index (χ2n) is 3.68. The zero-order valence-electron chi connectivity index (χ0n) is 10.9. The number of hydrogen-bond acceptors (Lipinski definition) is 2. The Morgan fingerprint density at radius 2 is 0.900 bits per heavy atom. The molecule has 2 nitrogen and oxygen atoms in total. The quantitative estimate of drug-likeness (QED) is 0.688. The van der Waals surface area contributed by atoms with Gasteiger partial charge in [0.15, 0.2) is 0 Å². The Labute approximate surface area is 129 Å². The highest BCUT2D eigenvalue weighted by Crippen LogP contribution is 2.11. The lowest BCUT2D eigenvalue weighted by molar-refractivity contribution is 1.66. The van der Waals surface area contributed by atoms with E-state index in [0.717, 1.165) is 21.2 Å². The second-order valence-corrected chi connectivity index (χ2v) is 4.55. The molecule has 20 heavy (non-hydrogen) atoms. The molecule has 0 bridgehead atoms. The normalized spacial score (nSPS) is 8.30. The van der Waals surface area contributed by atoms with Crippen LogP contribution >= 0.6 is 23.2 Å². The van der Waals surface area contributed by atoms with Crippen molar-refractivity contribution in [3.63, 3.8) is 0 Å². The molecular formula is C16H16Cl2N2. The molecule has 0 aliphatic rings. The third kappa shape index (κ3) is 5.92. The molecule has 4 heteroatoms. The Kier molecular flexibility index (Phi) is 8.38. The van der Waals surface area contributed by atoms with E-state index in [2.05, 4.69) is 11.5 Å². The lowest BCUT2D eigenvalue weighted by Crippen LogP contribution is -1.68. The van der Waals surface area contributed by atoms with Crippen LogP contribution in [-0.4, -0.2) is 0 Å². The molecule has 0 aromatic heterocycles. The van der Waals surface area contributed by atoms with Gasteiger partial charge in [0.05, 0.1) is 0 Å². The summed E-state index contributed by atoms with van der Waals surface area (Å²) in [5.41, 5.74) is 8.03. The fraction of sp³-hybridized carbons (Fsp3) is 0. The van der Waals surface area contributed by atoms with Crippen LogP contribution in [0.1, 0.15) is 11.1 Å². The van der Waals surface area contributed by atoms with Gasteiger partial charge < -0.3 is 12.3 Å². The van der Waals surface area contributed by atoms with E-state index >= 15 is 0 Å². The summed E-state index contributed by atoms with van der Waals surface area (Å²) in [6.07, 6.45) is 3.70. The van der Waals surface area contributed by atoms with E-state index < -0.39 is 0 Å². The van der Waals surface area contributed by atoms with Crippen molar-refractivity contribution in [3.05, 3.63) is 81.2 Å². The van der Waals surface area contributed by atoms with E-state index in [4.69, 9.17) is 23.2 Å². The van der Waals surface area contributed by atoms with Crippen molar-refractivity contribution in [1.29, 1.82) is 0 Å². The van der Waals surface area contributed by atoms with Crippen LogP contribution in [0.25, 0.3) is 12.2 Å². The smallest absolute Gasteiger partial charge is 0.0406 e. The maximum atomic E-state index is 5.80. The summed E-state index contributed by atoms with van der Waals surface area (Å²) in [5, 5.41) is 1.46. The predicted octanol–water partition coefficient (Wildman–Crippen LogP) is 5.80. The van der Waals surface area contributed by atoms with Crippen molar-refractivity contribution in [3.8, 4) is 0 Å². The first kappa shape index (κ1) is 18.2. The topological polar surface area (TPSA) is 70.0 Å². The molecule has 2 rings (SSSR count). The Balaban J connectivity index is 0.00000180. The molecule has 6 N–H and O–H groups in total. The molecule has 0 unspecified atom stereocenters. The standard InChI is InChI=1S/C16H10Cl2.2H3N/c17-15-9-5-13(6-10-15)3-1-2-4-14-7-11-16(18)12-8-14;;/h3-12H;2*1H3. The summed E-state index contributed by atoms with van der Waals surface area (Å²) in [7, 11) is 0. The fourth-order valence-electron chi connectivity index (χ4n) is 1.37. The van der Waals surface area contributed by atoms with E-state index in [1.165, 1.54) is 0 Å². The highest BCUT2D eigenvalue weighted by Gasteiger charge is 1.87. The number of rotatable bonds is 2. The highest BCUT2D eigenvalue weighted by atomic mass is 35.5. The summed E-state index contributed by atoms with van der Waals surface area (Å²) in [5.74, 6) is 0. The highest BCUT2D eigenvalue weighted by molar-refractivity contribution is 6.30. The number of hydrogen-bond donors (Lipinski definition) is 2. The van der Waals surface area contributed by atoms with E-state index in [-0.39, 0.29) is 12.3 Å². The van der Waals surface area contributed by atoms with Crippen LogP contribution in [0.2, 0.25) is 10.0 Å². The minimum absolute atomic E-state index is 0. The van der Waals surface area contributed by atoms with Gasteiger partial charge in [-0.3, -0.25) is 0 Å². The molecule has 0 aliphatic carbocycles. The molecule has 0 radical (unpaired) electrons. The minimum Gasteiger partial charge on any atom is -0.344 e. The summed E-state index contributed by atoms with van der Waals surface area (Å²) in [6.45, 7) is 0. The van der Waals surface area contributed by atoms with Gasteiger partial charge in [-0.25, -0.2) is 0 Å². The van der Waals surface area contributed by atoms with Gasteiger partial charge in [0.2, 0.25) is 0 Å². The molecular weight excluding hydrogens is 291 g/mol. The Morgan fingerprint density at radius 3 is 1.20 bits per heavy atom. The van der Waals surface area contributed by atoms with Gasteiger partial charge in [0.25, 0.3) is 0 Å². The van der Waals surface area contributed by atoms with Crippen molar-refractivity contribution in [2.75, 3.05) is 0 Å². The summed E-state index contributed by atoms with van der Waals surface area (Å²) in [4.78, 5) is 0. The molecule has 0 heterocycles. The second kappa shape index (κ2) is 9.19. The molecule has 0 amide bonds.